The highest BCUT2D eigenvalue weighted by atomic mass is 15.4. The molecule has 0 saturated heterocycles. The number of unbranched alkanes of at least 4 members (excludes halogenated alkanes) is 1. The summed E-state index contributed by atoms with van der Waals surface area (Å²) < 4.78 is 1.78. The van der Waals surface area contributed by atoms with Crippen molar-refractivity contribution < 1.29 is 0 Å². The molecule has 0 fully saturated rings. The fourth-order valence-electron chi connectivity index (χ4n) is 2.84. The van der Waals surface area contributed by atoms with Crippen molar-refractivity contribution in [3.8, 4) is 0 Å². The Morgan fingerprint density at radius 3 is 2.75 bits per heavy atom. The Labute approximate surface area is 121 Å². The monoisotopic (exact) mass is 274 g/mol. The first-order chi connectivity index (χ1) is 9.69. The van der Waals surface area contributed by atoms with Gasteiger partial charge in [0.25, 0.3) is 0 Å². The SMILES string of the molecule is CCCCC(CC)Cc1cc(C)cc2c1nnn2CN. The third-order valence-corrected chi connectivity index (χ3v) is 4.07. The molecule has 4 heteroatoms. The Morgan fingerprint density at radius 1 is 1.30 bits per heavy atom. The van der Waals surface area contributed by atoms with E-state index in [1.807, 2.05) is 0 Å². The lowest BCUT2D eigenvalue weighted by Crippen LogP contribution is -2.08. The van der Waals surface area contributed by atoms with Gasteiger partial charge in [0.15, 0.2) is 0 Å². The van der Waals surface area contributed by atoms with Crippen LogP contribution in [0.3, 0.4) is 0 Å². The average Bonchev–Trinajstić information content (AvgIpc) is 2.86. The molecule has 4 nitrogen and oxygen atoms in total. The Kier molecular flexibility index (Phi) is 5.12. The summed E-state index contributed by atoms with van der Waals surface area (Å²) in [6, 6.07) is 4.38. The number of nitrogens with two attached hydrogens (primary N) is 1. The molecule has 0 aliphatic heterocycles. The van der Waals surface area contributed by atoms with Gasteiger partial charge < -0.3 is 5.73 Å². The summed E-state index contributed by atoms with van der Waals surface area (Å²) in [5.41, 5.74) is 10.4. The van der Waals surface area contributed by atoms with Gasteiger partial charge in [0, 0.05) is 0 Å². The van der Waals surface area contributed by atoms with E-state index in [4.69, 9.17) is 5.73 Å². The van der Waals surface area contributed by atoms with Gasteiger partial charge in [-0.3, -0.25) is 0 Å². The van der Waals surface area contributed by atoms with Crippen molar-refractivity contribution >= 4 is 11.0 Å². The Balaban J connectivity index is 2.30. The zero-order valence-corrected chi connectivity index (χ0v) is 12.9. The van der Waals surface area contributed by atoms with Crippen LogP contribution in [-0.4, -0.2) is 15.0 Å². The highest BCUT2D eigenvalue weighted by molar-refractivity contribution is 5.79. The Morgan fingerprint density at radius 2 is 2.10 bits per heavy atom. The molecule has 0 aliphatic carbocycles. The first kappa shape index (κ1) is 15.0. The van der Waals surface area contributed by atoms with Gasteiger partial charge in [-0.25, -0.2) is 4.68 Å². The van der Waals surface area contributed by atoms with Crippen LogP contribution in [0.15, 0.2) is 12.1 Å². The van der Waals surface area contributed by atoms with Crippen LogP contribution >= 0.6 is 0 Å². The van der Waals surface area contributed by atoms with Crippen LogP contribution < -0.4 is 5.73 Å². The van der Waals surface area contributed by atoms with Gasteiger partial charge in [-0.15, -0.1) is 5.10 Å². The lowest BCUT2D eigenvalue weighted by molar-refractivity contribution is 0.450. The third kappa shape index (κ3) is 3.18. The van der Waals surface area contributed by atoms with Gasteiger partial charge in [-0.05, 0) is 36.5 Å². The van der Waals surface area contributed by atoms with E-state index in [0.29, 0.717) is 6.67 Å². The van der Waals surface area contributed by atoms with Crippen molar-refractivity contribution in [2.75, 3.05) is 0 Å². The van der Waals surface area contributed by atoms with Gasteiger partial charge in [-0.2, -0.15) is 0 Å². The fourth-order valence-corrected chi connectivity index (χ4v) is 2.84. The van der Waals surface area contributed by atoms with Crippen molar-refractivity contribution in [1.82, 2.24) is 15.0 Å². The molecule has 1 atom stereocenters. The lowest BCUT2D eigenvalue weighted by atomic mass is 9.91. The van der Waals surface area contributed by atoms with Gasteiger partial charge in [0.1, 0.15) is 5.52 Å². The van der Waals surface area contributed by atoms with Gasteiger partial charge in [-0.1, -0.05) is 50.8 Å². The summed E-state index contributed by atoms with van der Waals surface area (Å²) in [5, 5.41) is 8.48. The standard InChI is InChI=1S/C16H26N4/c1-4-6-7-13(5-2)10-14-8-12(3)9-15-16(14)18-19-20(15)11-17/h8-9,13H,4-7,10-11,17H2,1-3H3. The zero-order valence-electron chi connectivity index (χ0n) is 12.9. The largest absolute Gasteiger partial charge is 0.312 e. The van der Waals surface area contributed by atoms with Crippen molar-refractivity contribution in [1.29, 1.82) is 0 Å². The van der Waals surface area contributed by atoms with Crippen LogP contribution in [0.25, 0.3) is 11.0 Å². The second-order valence-corrected chi connectivity index (χ2v) is 5.68. The first-order valence-electron chi connectivity index (χ1n) is 7.72. The van der Waals surface area contributed by atoms with E-state index in [-0.39, 0.29) is 0 Å². The van der Waals surface area contributed by atoms with Crippen molar-refractivity contribution in [3.05, 3.63) is 23.3 Å². The van der Waals surface area contributed by atoms with E-state index in [2.05, 4.69) is 43.2 Å². The summed E-state index contributed by atoms with van der Waals surface area (Å²) in [7, 11) is 0. The fraction of sp³-hybridized carbons (Fsp3) is 0.625. The van der Waals surface area contributed by atoms with Crippen LogP contribution in [0.5, 0.6) is 0 Å². The maximum Gasteiger partial charge on any atom is 0.116 e. The minimum atomic E-state index is 0.381. The highest BCUT2D eigenvalue weighted by Gasteiger charge is 2.14. The second-order valence-electron chi connectivity index (χ2n) is 5.68. The minimum Gasteiger partial charge on any atom is -0.312 e. The number of aryl methyl sites for hydroxylation is 1. The highest BCUT2D eigenvalue weighted by Crippen LogP contribution is 2.25. The molecule has 1 aromatic carbocycles. The molecule has 0 aliphatic rings. The summed E-state index contributed by atoms with van der Waals surface area (Å²) in [4.78, 5) is 0. The number of nitrogens with zero attached hydrogens (tertiary/aromatic N) is 3. The maximum absolute atomic E-state index is 5.71. The first-order valence-corrected chi connectivity index (χ1v) is 7.72. The molecule has 0 amide bonds. The zero-order chi connectivity index (χ0) is 14.5. The van der Waals surface area contributed by atoms with E-state index >= 15 is 0 Å². The third-order valence-electron chi connectivity index (χ3n) is 4.07. The molecule has 1 unspecified atom stereocenters. The number of rotatable bonds is 7. The molecule has 2 aromatic rings. The van der Waals surface area contributed by atoms with Gasteiger partial charge >= 0.3 is 0 Å². The topological polar surface area (TPSA) is 56.7 Å². The van der Waals surface area contributed by atoms with Crippen LogP contribution in [0.4, 0.5) is 0 Å². The van der Waals surface area contributed by atoms with E-state index in [1.54, 1.807) is 4.68 Å². The molecule has 0 spiro atoms. The number of benzene rings is 1. The number of fused-ring (bicyclic) bond motifs is 1. The van der Waals surface area contributed by atoms with Gasteiger partial charge in [0.05, 0.1) is 12.2 Å². The molecule has 2 N–H and O–H groups in total. The number of hydrogen-bond acceptors (Lipinski definition) is 3. The summed E-state index contributed by atoms with van der Waals surface area (Å²) in [6.07, 6.45) is 6.19. The van der Waals surface area contributed by atoms with Crippen molar-refractivity contribution in [3.63, 3.8) is 0 Å². The molecule has 0 saturated carbocycles. The van der Waals surface area contributed by atoms with E-state index < -0.39 is 0 Å². The van der Waals surface area contributed by atoms with Crippen molar-refractivity contribution in [2.24, 2.45) is 11.7 Å². The van der Waals surface area contributed by atoms with Gasteiger partial charge in [0.2, 0.25) is 0 Å². The summed E-state index contributed by atoms with van der Waals surface area (Å²) in [6.45, 7) is 7.05. The smallest absolute Gasteiger partial charge is 0.116 e. The molecule has 20 heavy (non-hydrogen) atoms. The molecule has 2 rings (SSSR count). The van der Waals surface area contributed by atoms with E-state index in [9.17, 15) is 0 Å². The average molecular weight is 274 g/mol. The van der Waals surface area contributed by atoms with E-state index in [1.165, 1.54) is 36.8 Å². The quantitative estimate of drug-likeness (QED) is 0.841. The molecular formula is C16H26N4. The molecular weight excluding hydrogens is 248 g/mol. The Hall–Kier alpha value is -1.42. The normalized spacial score (nSPS) is 13.0. The predicted octanol–water partition coefficient (Wildman–Crippen LogP) is 3.41. The van der Waals surface area contributed by atoms with Crippen LogP contribution in [0.1, 0.15) is 50.7 Å². The predicted molar refractivity (Wildman–Crippen MR) is 83.5 cm³/mol. The molecule has 110 valence electrons. The molecule has 1 aromatic heterocycles. The second kappa shape index (κ2) is 6.84. The molecule has 0 bridgehead atoms. The number of hydrogen-bond donors (Lipinski definition) is 1. The van der Waals surface area contributed by atoms with E-state index in [0.717, 1.165) is 23.4 Å². The van der Waals surface area contributed by atoms with Crippen molar-refractivity contribution in [2.45, 2.75) is 59.5 Å². The molecule has 1 heterocycles. The Bertz CT molecular complexity index is 559. The lowest BCUT2D eigenvalue weighted by Gasteiger charge is -2.15. The molecule has 0 radical (unpaired) electrons. The van der Waals surface area contributed by atoms with Crippen LogP contribution in [0, 0.1) is 12.8 Å². The van der Waals surface area contributed by atoms with Crippen LogP contribution in [-0.2, 0) is 13.1 Å². The summed E-state index contributed by atoms with van der Waals surface area (Å²) in [5.74, 6) is 0.739. The number of aromatic nitrogens is 3. The summed E-state index contributed by atoms with van der Waals surface area (Å²) >= 11 is 0. The maximum atomic E-state index is 5.71. The van der Waals surface area contributed by atoms with Crippen LogP contribution in [0.2, 0.25) is 0 Å². The minimum absolute atomic E-state index is 0.381.